The van der Waals surface area contributed by atoms with Crippen LogP contribution in [0.15, 0.2) is 24.3 Å². The lowest BCUT2D eigenvalue weighted by Gasteiger charge is -2.10. The van der Waals surface area contributed by atoms with E-state index >= 15 is 0 Å². The quantitative estimate of drug-likeness (QED) is 0.567. The lowest BCUT2D eigenvalue weighted by molar-refractivity contribution is -0.147. The number of hydrogen-bond donors (Lipinski definition) is 0. The Labute approximate surface area is 96.4 Å². The van der Waals surface area contributed by atoms with Gasteiger partial charge in [-0.25, -0.2) is 0 Å². The Balaban J connectivity index is 2.48. The van der Waals surface area contributed by atoms with Crippen molar-refractivity contribution in [3.8, 4) is 5.75 Å². The molecule has 0 aromatic heterocycles. The zero-order chi connectivity index (χ0) is 12.0. The number of carbonyl (C=O) groups is 1. The molecule has 0 spiro atoms. The van der Waals surface area contributed by atoms with Crippen LogP contribution in [0.4, 0.5) is 0 Å². The van der Waals surface area contributed by atoms with Gasteiger partial charge >= 0.3 is 5.97 Å². The van der Waals surface area contributed by atoms with Crippen molar-refractivity contribution in [2.45, 2.75) is 33.1 Å². The minimum absolute atomic E-state index is 0.0298. The third kappa shape index (κ3) is 3.93. The van der Waals surface area contributed by atoms with E-state index in [1.807, 2.05) is 24.3 Å². The Bertz CT molecular complexity index is 330. The van der Waals surface area contributed by atoms with Crippen LogP contribution in [0.2, 0.25) is 0 Å². The summed E-state index contributed by atoms with van der Waals surface area (Å²) in [7, 11) is 0. The van der Waals surface area contributed by atoms with Crippen molar-refractivity contribution in [2.75, 3.05) is 6.79 Å². The molecule has 1 aromatic rings. The van der Waals surface area contributed by atoms with Crippen LogP contribution in [0.3, 0.4) is 0 Å². The second-order valence-corrected chi connectivity index (χ2v) is 3.78. The first-order valence-electron chi connectivity index (χ1n) is 5.49. The highest BCUT2D eigenvalue weighted by Gasteiger charge is 2.02. The highest BCUT2D eigenvalue weighted by Crippen LogP contribution is 2.21. The topological polar surface area (TPSA) is 35.5 Å². The standard InChI is InChI=1S/C13H18O3/c1-4-10(2)12-5-7-13(8-6-12)16-9-15-11(3)14/h5-8,10H,4,9H2,1-3H3. The second-order valence-electron chi connectivity index (χ2n) is 3.78. The smallest absolute Gasteiger partial charge is 0.305 e. The van der Waals surface area contributed by atoms with Crippen LogP contribution in [0.1, 0.15) is 38.7 Å². The van der Waals surface area contributed by atoms with Gasteiger partial charge in [0.2, 0.25) is 6.79 Å². The summed E-state index contributed by atoms with van der Waals surface area (Å²) in [6.45, 7) is 5.68. The SMILES string of the molecule is CCC(C)c1ccc(OCOC(C)=O)cc1. The van der Waals surface area contributed by atoms with Gasteiger partial charge in [0.25, 0.3) is 0 Å². The molecule has 0 fully saturated rings. The molecule has 0 N–H and O–H groups in total. The van der Waals surface area contributed by atoms with Gasteiger partial charge in [-0.1, -0.05) is 26.0 Å². The van der Waals surface area contributed by atoms with E-state index in [0.29, 0.717) is 11.7 Å². The lowest BCUT2D eigenvalue weighted by Crippen LogP contribution is -2.06. The number of carbonyl (C=O) groups excluding carboxylic acids is 1. The molecule has 0 saturated heterocycles. The third-order valence-corrected chi connectivity index (χ3v) is 2.55. The predicted molar refractivity (Wildman–Crippen MR) is 62.4 cm³/mol. The first-order valence-corrected chi connectivity index (χ1v) is 5.49. The summed E-state index contributed by atoms with van der Waals surface area (Å²) in [6.07, 6.45) is 1.12. The van der Waals surface area contributed by atoms with Crippen molar-refractivity contribution in [2.24, 2.45) is 0 Å². The number of hydrogen-bond acceptors (Lipinski definition) is 3. The summed E-state index contributed by atoms with van der Waals surface area (Å²) in [5, 5.41) is 0. The van der Waals surface area contributed by atoms with Crippen LogP contribution >= 0.6 is 0 Å². The minimum atomic E-state index is -0.337. The average molecular weight is 222 g/mol. The van der Waals surface area contributed by atoms with E-state index in [0.717, 1.165) is 6.42 Å². The van der Waals surface area contributed by atoms with Crippen molar-refractivity contribution < 1.29 is 14.3 Å². The van der Waals surface area contributed by atoms with Gasteiger partial charge in [0.05, 0.1) is 0 Å². The maximum absolute atomic E-state index is 10.5. The molecule has 0 bridgehead atoms. The Kier molecular flexibility index (Phi) is 4.83. The fourth-order valence-corrected chi connectivity index (χ4v) is 1.31. The van der Waals surface area contributed by atoms with Crippen LogP contribution in [0.25, 0.3) is 0 Å². The number of benzene rings is 1. The fraction of sp³-hybridized carbons (Fsp3) is 0.462. The molecule has 3 nitrogen and oxygen atoms in total. The molecule has 0 radical (unpaired) electrons. The molecule has 0 amide bonds. The molecule has 1 rings (SSSR count). The predicted octanol–water partition coefficient (Wildman–Crippen LogP) is 3.10. The minimum Gasteiger partial charge on any atom is -0.457 e. The van der Waals surface area contributed by atoms with E-state index < -0.39 is 0 Å². The summed E-state index contributed by atoms with van der Waals surface area (Å²) in [5.41, 5.74) is 1.29. The summed E-state index contributed by atoms with van der Waals surface area (Å²) in [5.74, 6) is 0.937. The molecular formula is C13H18O3. The van der Waals surface area contributed by atoms with Crippen LogP contribution in [0.5, 0.6) is 5.75 Å². The van der Waals surface area contributed by atoms with Gasteiger partial charge in [0, 0.05) is 6.92 Å². The highest BCUT2D eigenvalue weighted by molar-refractivity contribution is 5.65. The van der Waals surface area contributed by atoms with Crippen molar-refractivity contribution in [1.82, 2.24) is 0 Å². The highest BCUT2D eigenvalue weighted by atomic mass is 16.7. The van der Waals surface area contributed by atoms with Crippen LogP contribution in [-0.4, -0.2) is 12.8 Å². The zero-order valence-corrected chi connectivity index (χ0v) is 10.0. The number of rotatable bonds is 5. The van der Waals surface area contributed by atoms with Crippen molar-refractivity contribution in [1.29, 1.82) is 0 Å². The van der Waals surface area contributed by atoms with E-state index in [1.165, 1.54) is 12.5 Å². The summed E-state index contributed by atoms with van der Waals surface area (Å²) in [4.78, 5) is 10.5. The van der Waals surface area contributed by atoms with Gasteiger partial charge in [-0.15, -0.1) is 0 Å². The van der Waals surface area contributed by atoms with E-state index in [-0.39, 0.29) is 12.8 Å². The largest absolute Gasteiger partial charge is 0.457 e. The Morgan fingerprint density at radius 3 is 2.44 bits per heavy atom. The average Bonchev–Trinajstić information content (AvgIpc) is 2.28. The normalized spacial score (nSPS) is 11.9. The van der Waals surface area contributed by atoms with E-state index in [4.69, 9.17) is 4.74 Å². The molecule has 0 saturated carbocycles. The first kappa shape index (κ1) is 12.6. The van der Waals surface area contributed by atoms with Gasteiger partial charge in [0.15, 0.2) is 0 Å². The molecule has 16 heavy (non-hydrogen) atoms. The maximum atomic E-state index is 10.5. The zero-order valence-electron chi connectivity index (χ0n) is 10.0. The Morgan fingerprint density at radius 2 is 1.94 bits per heavy atom. The summed E-state index contributed by atoms with van der Waals surface area (Å²) < 4.78 is 9.93. The monoisotopic (exact) mass is 222 g/mol. The molecular weight excluding hydrogens is 204 g/mol. The van der Waals surface area contributed by atoms with Gasteiger partial charge in [-0.2, -0.15) is 0 Å². The van der Waals surface area contributed by atoms with E-state index in [2.05, 4.69) is 18.6 Å². The van der Waals surface area contributed by atoms with Gasteiger partial charge in [-0.05, 0) is 30.0 Å². The lowest BCUT2D eigenvalue weighted by atomic mass is 9.99. The molecule has 1 atom stereocenters. The van der Waals surface area contributed by atoms with E-state index in [1.54, 1.807) is 0 Å². The number of ether oxygens (including phenoxy) is 2. The van der Waals surface area contributed by atoms with Crippen molar-refractivity contribution >= 4 is 5.97 Å². The van der Waals surface area contributed by atoms with Gasteiger partial charge in [-0.3, -0.25) is 4.79 Å². The van der Waals surface area contributed by atoms with Gasteiger partial charge < -0.3 is 9.47 Å². The molecule has 0 heterocycles. The number of esters is 1. The molecule has 1 aromatic carbocycles. The molecule has 0 aliphatic carbocycles. The van der Waals surface area contributed by atoms with Gasteiger partial charge in [0.1, 0.15) is 5.75 Å². The maximum Gasteiger partial charge on any atom is 0.305 e. The molecule has 0 aliphatic rings. The van der Waals surface area contributed by atoms with E-state index in [9.17, 15) is 4.79 Å². The van der Waals surface area contributed by atoms with Crippen molar-refractivity contribution in [3.63, 3.8) is 0 Å². The molecule has 3 heteroatoms. The Hall–Kier alpha value is -1.51. The molecule has 88 valence electrons. The van der Waals surface area contributed by atoms with Crippen LogP contribution < -0.4 is 4.74 Å². The summed E-state index contributed by atoms with van der Waals surface area (Å²) in [6, 6.07) is 7.87. The fourth-order valence-electron chi connectivity index (χ4n) is 1.31. The first-order chi connectivity index (χ1) is 7.63. The second kappa shape index (κ2) is 6.16. The Morgan fingerprint density at radius 1 is 1.31 bits per heavy atom. The molecule has 1 unspecified atom stereocenters. The third-order valence-electron chi connectivity index (χ3n) is 2.55. The molecule has 0 aliphatic heterocycles. The van der Waals surface area contributed by atoms with Crippen molar-refractivity contribution in [3.05, 3.63) is 29.8 Å². The van der Waals surface area contributed by atoms with Crippen LogP contribution in [-0.2, 0) is 9.53 Å². The summed E-state index contributed by atoms with van der Waals surface area (Å²) >= 11 is 0. The van der Waals surface area contributed by atoms with Crippen LogP contribution in [0, 0.1) is 0 Å².